The number of hydrogen-bond donors (Lipinski definition) is 1. The van der Waals surface area contributed by atoms with E-state index >= 15 is 0 Å². The van der Waals surface area contributed by atoms with E-state index in [-0.39, 0.29) is 6.04 Å². The van der Waals surface area contributed by atoms with Gasteiger partial charge in [-0.2, -0.15) is 5.26 Å². The minimum Gasteiger partial charge on any atom is -0.459 e. The fourth-order valence-corrected chi connectivity index (χ4v) is 2.32. The van der Waals surface area contributed by atoms with Crippen molar-refractivity contribution in [3.05, 3.63) is 58.9 Å². The molecule has 1 unspecified atom stereocenters. The molecule has 3 aromatic rings. The zero-order chi connectivity index (χ0) is 14.8. The van der Waals surface area contributed by atoms with E-state index < -0.39 is 0 Å². The second-order valence-corrected chi connectivity index (χ2v) is 5.14. The quantitative estimate of drug-likeness (QED) is 0.771. The first-order valence-electron chi connectivity index (χ1n) is 6.48. The fourth-order valence-electron chi connectivity index (χ4n) is 2.13. The van der Waals surface area contributed by atoms with Crippen LogP contribution in [0.4, 0.5) is 5.82 Å². The summed E-state index contributed by atoms with van der Waals surface area (Å²) in [4.78, 5) is 4.19. The molecule has 0 bridgehead atoms. The number of pyridine rings is 1. The van der Waals surface area contributed by atoms with E-state index in [4.69, 9.17) is 21.3 Å². The normalized spacial score (nSPS) is 12.0. The van der Waals surface area contributed by atoms with Crippen molar-refractivity contribution in [2.24, 2.45) is 0 Å². The van der Waals surface area contributed by atoms with Crippen molar-refractivity contribution in [1.82, 2.24) is 4.98 Å². The summed E-state index contributed by atoms with van der Waals surface area (Å²) >= 11 is 5.97. The van der Waals surface area contributed by atoms with Crippen molar-refractivity contribution in [2.75, 3.05) is 5.32 Å². The van der Waals surface area contributed by atoms with Crippen molar-refractivity contribution in [3.63, 3.8) is 0 Å². The summed E-state index contributed by atoms with van der Waals surface area (Å²) in [6, 6.07) is 12.9. The van der Waals surface area contributed by atoms with Crippen molar-refractivity contribution in [3.8, 4) is 6.07 Å². The molecule has 21 heavy (non-hydrogen) atoms. The number of rotatable bonds is 3. The van der Waals surface area contributed by atoms with Crippen LogP contribution in [-0.4, -0.2) is 4.98 Å². The smallest absolute Gasteiger partial charge is 0.144 e. The largest absolute Gasteiger partial charge is 0.459 e. The van der Waals surface area contributed by atoms with Crippen molar-refractivity contribution in [2.45, 2.75) is 13.0 Å². The summed E-state index contributed by atoms with van der Waals surface area (Å²) in [5, 5.41) is 13.9. The molecule has 1 N–H and O–H groups in total. The van der Waals surface area contributed by atoms with Gasteiger partial charge in [-0.25, -0.2) is 4.98 Å². The predicted octanol–water partition coefficient (Wildman–Crippen LogP) is 4.53. The van der Waals surface area contributed by atoms with E-state index in [1.165, 1.54) is 0 Å². The fraction of sp³-hybridized carbons (Fsp3) is 0.125. The highest BCUT2D eigenvalue weighted by molar-refractivity contribution is 6.31. The Labute approximate surface area is 127 Å². The summed E-state index contributed by atoms with van der Waals surface area (Å²) in [6.07, 6.45) is 1.65. The van der Waals surface area contributed by atoms with Gasteiger partial charge in [0, 0.05) is 16.6 Å². The van der Waals surface area contributed by atoms with Gasteiger partial charge in [0.05, 0.1) is 11.6 Å². The average molecular weight is 298 g/mol. The molecule has 0 fully saturated rings. The van der Waals surface area contributed by atoms with Crippen molar-refractivity contribution >= 4 is 28.4 Å². The number of nitriles is 1. The summed E-state index contributed by atoms with van der Waals surface area (Å²) in [5.41, 5.74) is 1.29. The van der Waals surface area contributed by atoms with Gasteiger partial charge in [0.25, 0.3) is 0 Å². The third-order valence-corrected chi connectivity index (χ3v) is 3.44. The zero-order valence-electron chi connectivity index (χ0n) is 11.3. The Morgan fingerprint density at radius 1 is 1.33 bits per heavy atom. The molecule has 3 rings (SSSR count). The lowest BCUT2D eigenvalue weighted by molar-refractivity contribution is 0.525. The number of anilines is 1. The number of aromatic nitrogens is 1. The van der Waals surface area contributed by atoms with Gasteiger partial charge in [0.2, 0.25) is 0 Å². The Balaban J connectivity index is 1.90. The lowest BCUT2D eigenvalue weighted by Crippen LogP contribution is -2.08. The minimum atomic E-state index is -0.113. The lowest BCUT2D eigenvalue weighted by atomic mass is 10.2. The Morgan fingerprint density at radius 2 is 2.19 bits per heavy atom. The number of hydrogen-bond acceptors (Lipinski definition) is 4. The third kappa shape index (κ3) is 2.69. The molecule has 0 saturated heterocycles. The maximum atomic E-state index is 9.08. The molecule has 4 nitrogen and oxygen atoms in total. The maximum absolute atomic E-state index is 9.08. The average Bonchev–Trinajstić information content (AvgIpc) is 2.91. The Kier molecular flexibility index (Phi) is 3.51. The van der Waals surface area contributed by atoms with E-state index in [0.717, 1.165) is 16.7 Å². The van der Waals surface area contributed by atoms with Gasteiger partial charge in [-0.3, -0.25) is 0 Å². The molecule has 2 heterocycles. The minimum absolute atomic E-state index is 0.113. The molecule has 0 saturated carbocycles. The van der Waals surface area contributed by atoms with Crippen LogP contribution in [0.25, 0.3) is 11.0 Å². The molecule has 0 aliphatic rings. The Morgan fingerprint density at radius 3 is 3.00 bits per heavy atom. The van der Waals surface area contributed by atoms with E-state index in [9.17, 15) is 0 Å². The number of nitrogens with zero attached hydrogens (tertiary/aromatic N) is 2. The summed E-state index contributed by atoms with van der Waals surface area (Å²) < 4.78 is 5.80. The van der Waals surface area contributed by atoms with Crippen LogP contribution in [0.5, 0.6) is 0 Å². The van der Waals surface area contributed by atoms with E-state index in [0.29, 0.717) is 16.4 Å². The first-order valence-corrected chi connectivity index (χ1v) is 6.86. The topological polar surface area (TPSA) is 61.9 Å². The van der Waals surface area contributed by atoms with E-state index in [1.807, 2.05) is 25.1 Å². The van der Waals surface area contributed by atoms with Crippen LogP contribution < -0.4 is 5.32 Å². The van der Waals surface area contributed by atoms with Crippen molar-refractivity contribution in [1.29, 1.82) is 5.26 Å². The monoisotopic (exact) mass is 297 g/mol. The molecular weight excluding hydrogens is 286 g/mol. The van der Waals surface area contributed by atoms with Crippen LogP contribution in [0.2, 0.25) is 5.02 Å². The molecule has 0 aliphatic heterocycles. The van der Waals surface area contributed by atoms with Gasteiger partial charge in [0.15, 0.2) is 0 Å². The highest BCUT2D eigenvalue weighted by atomic mass is 35.5. The van der Waals surface area contributed by atoms with Crippen LogP contribution in [0, 0.1) is 11.3 Å². The van der Waals surface area contributed by atoms with E-state index in [2.05, 4.69) is 16.4 Å². The van der Waals surface area contributed by atoms with Crippen molar-refractivity contribution < 1.29 is 4.42 Å². The second kappa shape index (κ2) is 5.47. The lowest BCUT2D eigenvalue weighted by Gasteiger charge is -2.12. The van der Waals surface area contributed by atoms with Crippen LogP contribution in [-0.2, 0) is 0 Å². The zero-order valence-corrected chi connectivity index (χ0v) is 12.1. The standard InChI is InChI=1S/C16H12ClN3O/c1-10(20-16-11(9-18)3-2-6-19-16)15-8-12-7-13(17)4-5-14(12)21-15/h2-8,10H,1H3,(H,19,20). The van der Waals surface area contributed by atoms with Crippen LogP contribution in [0.15, 0.2) is 47.0 Å². The Bertz CT molecular complexity index is 835. The highest BCUT2D eigenvalue weighted by Crippen LogP contribution is 2.28. The molecule has 0 amide bonds. The Hall–Kier alpha value is -2.51. The summed E-state index contributed by atoms with van der Waals surface area (Å²) in [7, 11) is 0. The summed E-state index contributed by atoms with van der Waals surface area (Å²) in [6.45, 7) is 1.95. The molecule has 0 radical (unpaired) electrons. The number of benzene rings is 1. The number of furan rings is 1. The van der Waals surface area contributed by atoms with Gasteiger partial charge in [0.1, 0.15) is 23.2 Å². The van der Waals surface area contributed by atoms with Crippen LogP contribution in [0.1, 0.15) is 24.3 Å². The van der Waals surface area contributed by atoms with Gasteiger partial charge in [-0.05, 0) is 43.3 Å². The molecule has 2 aromatic heterocycles. The number of fused-ring (bicyclic) bond motifs is 1. The highest BCUT2D eigenvalue weighted by Gasteiger charge is 2.14. The number of nitrogens with one attached hydrogen (secondary N) is 1. The predicted molar refractivity (Wildman–Crippen MR) is 82.2 cm³/mol. The maximum Gasteiger partial charge on any atom is 0.144 e. The number of halogens is 1. The van der Waals surface area contributed by atoms with Crippen LogP contribution >= 0.6 is 11.6 Å². The van der Waals surface area contributed by atoms with Gasteiger partial charge < -0.3 is 9.73 Å². The summed E-state index contributed by atoms with van der Waals surface area (Å²) in [5.74, 6) is 1.31. The molecule has 1 atom stereocenters. The molecule has 0 aliphatic carbocycles. The van der Waals surface area contributed by atoms with Gasteiger partial charge >= 0.3 is 0 Å². The van der Waals surface area contributed by atoms with Gasteiger partial charge in [-0.15, -0.1) is 0 Å². The molecule has 1 aromatic carbocycles. The molecular formula is C16H12ClN3O. The van der Waals surface area contributed by atoms with E-state index in [1.54, 1.807) is 24.4 Å². The SMILES string of the molecule is CC(Nc1ncccc1C#N)c1cc2cc(Cl)ccc2o1. The molecule has 0 spiro atoms. The second-order valence-electron chi connectivity index (χ2n) is 4.71. The first-order chi connectivity index (χ1) is 10.2. The third-order valence-electron chi connectivity index (χ3n) is 3.21. The van der Waals surface area contributed by atoms with Gasteiger partial charge in [-0.1, -0.05) is 11.6 Å². The molecule has 104 valence electrons. The first kappa shape index (κ1) is 13.5. The van der Waals surface area contributed by atoms with Crippen LogP contribution in [0.3, 0.4) is 0 Å². The molecule has 5 heteroatoms.